The quantitative estimate of drug-likeness (QED) is 0.389. The Morgan fingerprint density at radius 1 is 0.941 bits per heavy atom. The van der Waals surface area contributed by atoms with Crippen molar-refractivity contribution in [3.8, 4) is 0 Å². The lowest BCUT2D eigenvalue weighted by Crippen LogP contribution is -2.38. The van der Waals surface area contributed by atoms with E-state index in [2.05, 4.69) is 33.9 Å². The van der Waals surface area contributed by atoms with E-state index in [9.17, 15) is 0 Å². The molecule has 0 rings (SSSR count). The molecular formula is C14H32O2Si. The summed E-state index contributed by atoms with van der Waals surface area (Å²) in [5.41, 5.74) is 0. The Hall–Kier alpha value is 0.137. The minimum Gasteiger partial charge on any atom is -0.395 e. The molecule has 0 aromatic carbocycles. The van der Waals surface area contributed by atoms with Crippen LogP contribution in [0.25, 0.3) is 0 Å². The summed E-state index contributed by atoms with van der Waals surface area (Å²) in [6, 6.07) is 0. The molecule has 0 heterocycles. The summed E-state index contributed by atoms with van der Waals surface area (Å²) in [6.07, 6.45) is 9.14. The van der Waals surface area contributed by atoms with Crippen molar-refractivity contribution in [3.05, 3.63) is 0 Å². The van der Waals surface area contributed by atoms with E-state index in [0.717, 1.165) is 13.0 Å². The van der Waals surface area contributed by atoms with Crippen molar-refractivity contribution in [2.75, 3.05) is 6.61 Å². The van der Waals surface area contributed by atoms with Gasteiger partial charge < -0.3 is 8.85 Å². The molecule has 1 atom stereocenters. The second-order valence-corrected chi connectivity index (χ2v) is 8.70. The average molecular weight is 260 g/mol. The molecule has 0 aliphatic rings. The molecule has 0 N–H and O–H groups in total. The third-order valence-corrected chi connectivity index (χ3v) is 4.77. The zero-order valence-electron chi connectivity index (χ0n) is 12.6. The lowest BCUT2D eigenvalue weighted by molar-refractivity contribution is 0.122. The first-order valence-corrected chi connectivity index (χ1v) is 10.1. The Labute approximate surface area is 109 Å². The largest absolute Gasteiger partial charge is 0.395 e. The Balaban J connectivity index is 3.64. The van der Waals surface area contributed by atoms with Crippen molar-refractivity contribution < 1.29 is 8.85 Å². The van der Waals surface area contributed by atoms with Gasteiger partial charge in [-0.3, -0.25) is 0 Å². The Bertz CT molecular complexity index is 172. The van der Waals surface area contributed by atoms with E-state index in [0.29, 0.717) is 6.10 Å². The van der Waals surface area contributed by atoms with E-state index < -0.39 is 8.56 Å². The van der Waals surface area contributed by atoms with Gasteiger partial charge >= 0.3 is 8.56 Å². The molecule has 0 radical (unpaired) electrons. The summed E-state index contributed by atoms with van der Waals surface area (Å²) in [5, 5.41) is 0. The average Bonchev–Trinajstić information content (AvgIpc) is 2.24. The third-order valence-electron chi connectivity index (χ3n) is 2.90. The van der Waals surface area contributed by atoms with Crippen LogP contribution in [0.2, 0.25) is 13.1 Å². The number of rotatable bonds is 11. The van der Waals surface area contributed by atoms with Crippen molar-refractivity contribution in [2.24, 2.45) is 0 Å². The Morgan fingerprint density at radius 3 is 2.18 bits per heavy atom. The van der Waals surface area contributed by atoms with E-state index in [-0.39, 0.29) is 0 Å². The molecule has 1 unspecified atom stereocenters. The molecule has 2 nitrogen and oxygen atoms in total. The van der Waals surface area contributed by atoms with Crippen molar-refractivity contribution in [1.82, 2.24) is 0 Å². The number of hydrogen-bond donors (Lipinski definition) is 0. The van der Waals surface area contributed by atoms with Gasteiger partial charge in [0.05, 0.1) is 0 Å². The molecule has 17 heavy (non-hydrogen) atoms. The molecule has 0 aliphatic heterocycles. The maximum atomic E-state index is 6.08. The Morgan fingerprint density at radius 2 is 1.59 bits per heavy atom. The molecule has 0 aromatic rings. The SMILES string of the molecule is CCCCCCC(C)O[Si](C)(C)OCCCC. The fraction of sp³-hybridized carbons (Fsp3) is 1.00. The maximum absolute atomic E-state index is 6.08. The van der Waals surface area contributed by atoms with Gasteiger partial charge in [0.1, 0.15) is 0 Å². The normalized spacial score (nSPS) is 13.9. The first-order valence-electron chi connectivity index (χ1n) is 7.33. The van der Waals surface area contributed by atoms with E-state index >= 15 is 0 Å². The summed E-state index contributed by atoms with van der Waals surface area (Å²) in [5.74, 6) is 0. The van der Waals surface area contributed by atoms with Crippen LogP contribution >= 0.6 is 0 Å². The number of hydrogen-bond acceptors (Lipinski definition) is 2. The first-order chi connectivity index (χ1) is 8.02. The van der Waals surface area contributed by atoms with Crippen LogP contribution in [-0.4, -0.2) is 21.3 Å². The Kier molecular flexibility index (Phi) is 10.2. The van der Waals surface area contributed by atoms with Gasteiger partial charge in [0.15, 0.2) is 0 Å². The highest BCUT2D eigenvalue weighted by molar-refractivity contribution is 6.64. The molecule has 0 fully saturated rings. The predicted octanol–water partition coefficient (Wildman–Crippen LogP) is 4.88. The van der Waals surface area contributed by atoms with Crippen molar-refractivity contribution in [2.45, 2.75) is 84.9 Å². The number of unbranched alkanes of at least 4 members (excludes halogenated alkanes) is 4. The van der Waals surface area contributed by atoms with Crippen LogP contribution in [0.1, 0.15) is 65.7 Å². The van der Waals surface area contributed by atoms with Gasteiger partial charge in [-0.05, 0) is 32.9 Å². The van der Waals surface area contributed by atoms with Gasteiger partial charge in [-0.2, -0.15) is 0 Å². The molecule has 0 spiro atoms. The summed E-state index contributed by atoms with van der Waals surface area (Å²) in [4.78, 5) is 0. The monoisotopic (exact) mass is 260 g/mol. The maximum Gasteiger partial charge on any atom is 0.331 e. The zero-order valence-corrected chi connectivity index (χ0v) is 13.6. The zero-order chi connectivity index (χ0) is 13.1. The van der Waals surface area contributed by atoms with Crippen LogP contribution < -0.4 is 0 Å². The van der Waals surface area contributed by atoms with E-state index in [4.69, 9.17) is 8.85 Å². The van der Waals surface area contributed by atoms with Gasteiger partial charge in [0, 0.05) is 12.7 Å². The lowest BCUT2D eigenvalue weighted by Gasteiger charge is -2.27. The second kappa shape index (κ2) is 10.1. The first kappa shape index (κ1) is 17.1. The minimum absolute atomic E-state index is 0.357. The van der Waals surface area contributed by atoms with Gasteiger partial charge in [0.25, 0.3) is 0 Å². The molecule has 3 heteroatoms. The third kappa shape index (κ3) is 11.0. The fourth-order valence-electron chi connectivity index (χ4n) is 1.90. The highest BCUT2D eigenvalue weighted by Crippen LogP contribution is 2.15. The summed E-state index contributed by atoms with van der Waals surface area (Å²) < 4.78 is 12.0. The standard InChI is InChI=1S/C14H32O2Si/c1-6-8-10-11-12-14(3)16-17(4,5)15-13-9-7-2/h14H,6-13H2,1-5H3. The highest BCUT2D eigenvalue weighted by Gasteiger charge is 2.26. The summed E-state index contributed by atoms with van der Waals surface area (Å²) in [7, 11) is -1.87. The van der Waals surface area contributed by atoms with Crippen LogP contribution in [0.15, 0.2) is 0 Å². The summed E-state index contributed by atoms with van der Waals surface area (Å²) in [6.45, 7) is 11.8. The smallest absolute Gasteiger partial charge is 0.331 e. The van der Waals surface area contributed by atoms with Crippen molar-refractivity contribution >= 4 is 8.56 Å². The molecule has 0 saturated heterocycles. The van der Waals surface area contributed by atoms with Crippen molar-refractivity contribution in [3.63, 3.8) is 0 Å². The highest BCUT2D eigenvalue weighted by atomic mass is 28.4. The minimum atomic E-state index is -1.87. The second-order valence-electron chi connectivity index (χ2n) is 5.38. The van der Waals surface area contributed by atoms with Crippen LogP contribution in [0, 0.1) is 0 Å². The predicted molar refractivity (Wildman–Crippen MR) is 77.6 cm³/mol. The van der Waals surface area contributed by atoms with Crippen LogP contribution in [0.5, 0.6) is 0 Å². The fourth-order valence-corrected chi connectivity index (χ4v) is 3.69. The van der Waals surface area contributed by atoms with Gasteiger partial charge in [-0.1, -0.05) is 46.0 Å². The van der Waals surface area contributed by atoms with Crippen LogP contribution in [0.3, 0.4) is 0 Å². The van der Waals surface area contributed by atoms with E-state index in [1.807, 2.05) is 0 Å². The molecule has 0 amide bonds. The van der Waals surface area contributed by atoms with Gasteiger partial charge in [-0.25, -0.2) is 0 Å². The van der Waals surface area contributed by atoms with Gasteiger partial charge in [0.2, 0.25) is 0 Å². The van der Waals surface area contributed by atoms with E-state index in [1.165, 1.54) is 38.5 Å². The molecule has 0 saturated carbocycles. The van der Waals surface area contributed by atoms with Crippen molar-refractivity contribution in [1.29, 1.82) is 0 Å². The molecule has 0 aromatic heterocycles. The van der Waals surface area contributed by atoms with Gasteiger partial charge in [-0.15, -0.1) is 0 Å². The molecule has 0 bridgehead atoms. The lowest BCUT2D eigenvalue weighted by atomic mass is 10.1. The van der Waals surface area contributed by atoms with Crippen LogP contribution in [-0.2, 0) is 8.85 Å². The van der Waals surface area contributed by atoms with E-state index in [1.54, 1.807) is 0 Å². The molecule has 0 aliphatic carbocycles. The molecular weight excluding hydrogens is 228 g/mol. The van der Waals surface area contributed by atoms with Crippen LogP contribution in [0.4, 0.5) is 0 Å². The summed E-state index contributed by atoms with van der Waals surface area (Å²) >= 11 is 0. The molecule has 104 valence electrons. The topological polar surface area (TPSA) is 18.5 Å².